The van der Waals surface area contributed by atoms with Gasteiger partial charge in [-0.25, -0.2) is 0 Å². The summed E-state index contributed by atoms with van der Waals surface area (Å²) in [4.78, 5) is 25.6. The zero-order chi connectivity index (χ0) is 17.0. The Kier molecular flexibility index (Phi) is 3.96. The van der Waals surface area contributed by atoms with Crippen LogP contribution in [0.1, 0.15) is 40.5 Å². The Morgan fingerprint density at radius 2 is 1.91 bits per heavy atom. The second-order valence-electron chi connectivity index (χ2n) is 7.76. The molecule has 0 heterocycles. The first-order valence-electron chi connectivity index (χ1n) is 8.62. The number of ketones is 2. The molecule has 5 atom stereocenters. The summed E-state index contributed by atoms with van der Waals surface area (Å²) in [6.45, 7) is 12.2. The summed E-state index contributed by atoms with van der Waals surface area (Å²) in [6.07, 6.45) is 3.01. The van der Waals surface area contributed by atoms with Crippen molar-refractivity contribution in [3.05, 3.63) is 34.9 Å². The van der Waals surface area contributed by atoms with Gasteiger partial charge in [-0.1, -0.05) is 39.0 Å². The van der Waals surface area contributed by atoms with Crippen molar-refractivity contribution in [3.63, 3.8) is 0 Å². The maximum Gasteiger partial charge on any atom is 0.187 e. The second kappa shape index (κ2) is 5.55. The van der Waals surface area contributed by atoms with Crippen molar-refractivity contribution in [1.82, 2.24) is 0 Å². The van der Waals surface area contributed by atoms with Crippen molar-refractivity contribution in [3.8, 4) is 0 Å². The van der Waals surface area contributed by atoms with E-state index in [9.17, 15) is 14.7 Å². The maximum absolute atomic E-state index is 12.8. The third-order valence-electron chi connectivity index (χ3n) is 6.07. The average molecular weight is 314 g/mol. The Bertz CT molecular complexity index is 650. The van der Waals surface area contributed by atoms with Gasteiger partial charge in [-0.2, -0.15) is 0 Å². The summed E-state index contributed by atoms with van der Waals surface area (Å²) in [7, 11) is 0. The summed E-state index contributed by atoms with van der Waals surface area (Å²) in [5, 5.41) is 10.5. The second-order valence-corrected chi connectivity index (χ2v) is 7.76. The van der Waals surface area contributed by atoms with Gasteiger partial charge in [0.1, 0.15) is 0 Å². The van der Waals surface area contributed by atoms with E-state index in [4.69, 9.17) is 0 Å². The molecular formula is C20H26O3. The molecule has 23 heavy (non-hydrogen) atoms. The van der Waals surface area contributed by atoms with E-state index in [1.54, 1.807) is 6.92 Å². The minimum Gasteiger partial charge on any atom is -0.387 e. The first-order chi connectivity index (χ1) is 10.8. The molecule has 0 aromatic heterocycles. The smallest absolute Gasteiger partial charge is 0.187 e. The first kappa shape index (κ1) is 16.4. The minimum absolute atomic E-state index is 0.0653. The molecule has 3 aliphatic carbocycles. The monoisotopic (exact) mass is 314 g/mol. The molecule has 3 aliphatic rings. The highest BCUT2D eigenvalue weighted by Crippen LogP contribution is 2.51. The number of hydrogen-bond donors (Lipinski definition) is 1. The van der Waals surface area contributed by atoms with Gasteiger partial charge < -0.3 is 5.11 Å². The fourth-order valence-electron chi connectivity index (χ4n) is 4.70. The van der Waals surface area contributed by atoms with Crippen LogP contribution in [0.2, 0.25) is 0 Å². The van der Waals surface area contributed by atoms with Gasteiger partial charge in [0.05, 0.1) is 6.10 Å². The number of carbonyl (C=O) groups is 2. The number of hydrogen-bond acceptors (Lipinski definition) is 3. The van der Waals surface area contributed by atoms with E-state index in [2.05, 4.69) is 20.4 Å². The average Bonchev–Trinajstić information content (AvgIpc) is 2.64. The van der Waals surface area contributed by atoms with Crippen LogP contribution in [0.25, 0.3) is 0 Å². The quantitative estimate of drug-likeness (QED) is 0.756. The van der Waals surface area contributed by atoms with Crippen LogP contribution in [-0.2, 0) is 9.59 Å². The van der Waals surface area contributed by atoms with Gasteiger partial charge >= 0.3 is 0 Å². The van der Waals surface area contributed by atoms with Crippen molar-refractivity contribution in [2.45, 2.75) is 46.6 Å². The Hall–Kier alpha value is -1.48. The van der Waals surface area contributed by atoms with E-state index in [1.807, 2.05) is 13.0 Å². The SMILES string of the molecule is C=C1CC[C@@H](C(C)C)[C@@H]2C=C(C)C(=O)C3=C(C(=O)[C@H](C)[C@H]3O)[C@@H]12. The molecule has 3 nitrogen and oxygen atoms in total. The van der Waals surface area contributed by atoms with Gasteiger partial charge in [-0.3, -0.25) is 9.59 Å². The number of allylic oxidation sites excluding steroid dienone is 4. The van der Waals surface area contributed by atoms with Crippen LogP contribution < -0.4 is 0 Å². The first-order valence-corrected chi connectivity index (χ1v) is 8.62. The van der Waals surface area contributed by atoms with Gasteiger partial charge in [0, 0.05) is 23.0 Å². The van der Waals surface area contributed by atoms with E-state index in [0.29, 0.717) is 28.6 Å². The van der Waals surface area contributed by atoms with Gasteiger partial charge in [0.2, 0.25) is 0 Å². The molecule has 3 heteroatoms. The van der Waals surface area contributed by atoms with Crippen molar-refractivity contribution in [1.29, 1.82) is 0 Å². The van der Waals surface area contributed by atoms with Gasteiger partial charge in [-0.05, 0) is 43.1 Å². The lowest BCUT2D eigenvalue weighted by atomic mass is 9.63. The Morgan fingerprint density at radius 1 is 1.26 bits per heavy atom. The van der Waals surface area contributed by atoms with Gasteiger partial charge in [0.25, 0.3) is 0 Å². The molecule has 0 radical (unpaired) electrons. The number of aliphatic hydroxyl groups excluding tert-OH is 1. The van der Waals surface area contributed by atoms with E-state index >= 15 is 0 Å². The summed E-state index contributed by atoms with van der Waals surface area (Å²) in [5.74, 6) is 0.188. The topological polar surface area (TPSA) is 54.4 Å². The highest BCUT2D eigenvalue weighted by Gasteiger charge is 2.50. The molecule has 1 saturated carbocycles. The lowest BCUT2D eigenvalue weighted by Crippen LogP contribution is -2.34. The van der Waals surface area contributed by atoms with Crippen LogP contribution >= 0.6 is 0 Å². The number of rotatable bonds is 1. The largest absolute Gasteiger partial charge is 0.387 e. The summed E-state index contributed by atoms with van der Waals surface area (Å²) in [5.41, 5.74) is 2.59. The predicted molar refractivity (Wildman–Crippen MR) is 89.6 cm³/mol. The van der Waals surface area contributed by atoms with Gasteiger partial charge in [0.15, 0.2) is 11.6 Å². The van der Waals surface area contributed by atoms with Crippen molar-refractivity contribution < 1.29 is 14.7 Å². The fourth-order valence-corrected chi connectivity index (χ4v) is 4.70. The lowest BCUT2D eigenvalue weighted by Gasteiger charge is -2.40. The molecule has 1 fully saturated rings. The molecule has 0 aliphatic heterocycles. The molecule has 124 valence electrons. The normalized spacial score (nSPS) is 37.7. The molecule has 3 rings (SSSR count). The molecular weight excluding hydrogens is 288 g/mol. The minimum atomic E-state index is -0.973. The molecule has 0 aromatic rings. The van der Waals surface area contributed by atoms with Gasteiger partial charge in [-0.15, -0.1) is 0 Å². The number of aliphatic hydroxyl groups is 1. The van der Waals surface area contributed by atoms with E-state index in [1.165, 1.54) is 0 Å². The lowest BCUT2D eigenvalue weighted by molar-refractivity contribution is -0.120. The molecule has 0 amide bonds. The zero-order valence-corrected chi connectivity index (χ0v) is 14.4. The maximum atomic E-state index is 12.8. The Balaban J connectivity index is 2.21. The van der Waals surface area contributed by atoms with Crippen LogP contribution in [0.4, 0.5) is 0 Å². The standard InChI is InChI=1S/C20H26O3/c1-9(2)13-7-6-10(3)15-14(13)8-11(4)18(21)17-16(15)19(22)12(5)20(17)23/h8-9,12-15,20,23H,3,6-7H2,1-2,4-5H3/t12-,13-,14-,15-,20+/m0/s1. The highest BCUT2D eigenvalue weighted by molar-refractivity contribution is 6.18. The summed E-state index contributed by atoms with van der Waals surface area (Å²) < 4.78 is 0. The van der Waals surface area contributed by atoms with Crippen LogP contribution in [0, 0.1) is 29.6 Å². The molecule has 0 bridgehead atoms. The van der Waals surface area contributed by atoms with Crippen molar-refractivity contribution in [2.75, 3.05) is 0 Å². The van der Waals surface area contributed by atoms with Crippen LogP contribution in [0.15, 0.2) is 34.9 Å². The summed E-state index contributed by atoms with van der Waals surface area (Å²) >= 11 is 0. The van der Waals surface area contributed by atoms with E-state index in [-0.39, 0.29) is 23.4 Å². The highest BCUT2D eigenvalue weighted by atomic mass is 16.3. The molecule has 0 aromatic carbocycles. The van der Waals surface area contributed by atoms with Crippen LogP contribution in [0.5, 0.6) is 0 Å². The number of carbonyl (C=O) groups excluding carboxylic acids is 2. The third-order valence-corrected chi connectivity index (χ3v) is 6.07. The van der Waals surface area contributed by atoms with Crippen molar-refractivity contribution in [2.24, 2.45) is 29.6 Å². The Morgan fingerprint density at radius 3 is 2.52 bits per heavy atom. The summed E-state index contributed by atoms with van der Waals surface area (Å²) in [6, 6.07) is 0. The number of Topliss-reactive ketones (excluding diaryl/α,β-unsaturated/α-hetero) is 2. The predicted octanol–water partition coefficient (Wildman–Crippen LogP) is 3.25. The van der Waals surface area contributed by atoms with E-state index in [0.717, 1.165) is 18.4 Å². The van der Waals surface area contributed by atoms with Crippen LogP contribution in [0.3, 0.4) is 0 Å². The Labute approximate surface area is 138 Å². The van der Waals surface area contributed by atoms with Crippen molar-refractivity contribution >= 4 is 11.6 Å². The van der Waals surface area contributed by atoms with Crippen LogP contribution in [-0.4, -0.2) is 22.8 Å². The van der Waals surface area contributed by atoms with E-state index < -0.39 is 12.0 Å². The molecule has 0 unspecified atom stereocenters. The molecule has 1 N–H and O–H groups in total. The fraction of sp³-hybridized carbons (Fsp3) is 0.600. The number of fused-ring (bicyclic) bond motifs is 2. The molecule has 0 spiro atoms. The molecule has 0 saturated heterocycles. The third kappa shape index (κ3) is 2.28. The zero-order valence-electron chi connectivity index (χ0n) is 14.4.